The van der Waals surface area contributed by atoms with E-state index in [1.54, 1.807) is 88.4 Å². The van der Waals surface area contributed by atoms with Gasteiger partial charge in [-0.1, -0.05) is 88.4 Å². The summed E-state index contributed by atoms with van der Waals surface area (Å²) in [5.41, 5.74) is 1.35. The standard InChI is InChI=1S/C40H55N7O12/c1-21(2)32(46-29(48)18-26-15-11-8-12-16-26)39(57)44-27(19-31(50)51)37(55)43-24(6)36(54)47-33(34(52)22(3)4)38(56)41-20-30(49)42-23(5)35(53)45-28(40(58)59)17-25-13-9-7-10-14-25/h7-16,21-24,27-28,32-34,52H,17-20H2,1-6H3,(H,41,56)(H,42,49)(H,43,55)(H,44,57)(H,45,53)(H,46,48)(H,47,54)(H,50,51)(H,58,59)/t23-,24+,27-,28+,32+,33-,34+/m1/s1. The molecule has 10 N–H and O–H groups in total. The van der Waals surface area contributed by atoms with Gasteiger partial charge in [-0.3, -0.25) is 38.4 Å². The number of aliphatic hydroxyl groups excluding tert-OH is 1. The van der Waals surface area contributed by atoms with Crippen LogP contribution in [0.5, 0.6) is 0 Å². The van der Waals surface area contributed by atoms with Crippen molar-refractivity contribution in [3.05, 3.63) is 71.8 Å². The molecule has 59 heavy (non-hydrogen) atoms. The van der Waals surface area contributed by atoms with Crippen molar-refractivity contribution in [3.63, 3.8) is 0 Å². The maximum absolute atomic E-state index is 13.3. The van der Waals surface area contributed by atoms with E-state index in [4.69, 9.17) is 0 Å². The van der Waals surface area contributed by atoms with E-state index >= 15 is 0 Å². The molecule has 0 aromatic heterocycles. The molecule has 19 heteroatoms. The molecule has 0 fully saturated rings. The molecule has 0 radical (unpaired) electrons. The maximum atomic E-state index is 13.3. The van der Waals surface area contributed by atoms with Crippen molar-refractivity contribution in [2.24, 2.45) is 11.8 Å². The minimum absolute atomic E-state index is 0.0127. The molecule has 0 unspecified atom stereocenters. The van der Waals surface area contributed by atoms with E-state index in [-0.39, 0.29) is 12.8 Å². The molecule has 0 bridgehead atoms. The minimum Gasteiger partial charge on any atom is -0.481 e. The zero-order valence-corrected chi connectivity index (χ0v) is 33.8. The van der Waals surface area contributed by atoms with Gasteiger partial charge in [0.2, 0.25) is 41.4 Å². The highest BCUT2D eigenvalue weighted by Gasteiger charge is 2.35. The van der Waals surface area contributed by atoms with Crippen LogP contribution in [-0.2, 0) is 56.0 Å². The summed E-state index contributed by atoms with van der Waals surface area (Å²) in [7, 11) is 0. The number of carboxylic acid groups (broad SMARTS) is 2. The van der Waals surface area contributed by atoms with Gasteiger partial charge >= 0.3 is 11.9 Å². The summed E-state index contributed by atoms with van der Waals surface area (Å²) in [5.74, 6) is -9.90. The van der Waals surface area contributed by atoms with Gasteiger partial charge < -0.3 is 52.5 Å². The third-order valence-corrected chi connectivity index (χ3v) is 8.93. The average Bonchev–Trinajstić information content (AvgIpc) is 3.17. The van der Waals surface area contributed by atoms with Crippen molar-refractivity contribution in [3.8, 4) is 0 Å². The lowest BCUT2D eigenvalue weighted by atomic mass is 9.98. The molecule has 7 atom stereocenters. The van der Waals surface area contributed by atoms with Crippen LogP contribution >= 0.6 is 0 Å². The largest absolute Gasteiger partial charge is 0.481 e. The Balaban J connectivity index is 2.03. The zero-order valence-electron chi connectivity index (χ0n) is 33.8. The van der Waals surface area contributed by atoms with E-state index in [0.717, 1.165) is 0 Å². The second kappa shape index (κ2) is 23.8. The van der Waals surface area contributed by atoms with Gasteiger partial charge in [0.1, 0.15) is 36.3 Å². The van der Waals surface area contributed by atoms with E-state index in [9.17, 15) is 58.5 Å². The van der Waals surface area contributed by atoms with Gasteiger partial charge in [-0.2, -0.15) is 0 Å². The number of hydrogen-bond acceptors (Lipinski definition) is 10. The van der Waals surface area contributed by atoms with Crippen molar-refractivity contribution in [1.82, 2.24) is 37.2 Å². The van der Waals surface area contributed by atoms with E-state index in [1.807, 2.05) is 0 Å². The summed E-state index contributed by atoms with van der Waals surface area (Å²) in [6, 6.07) is 8.85. The molecular formula is C40H55N7O12. The van der Waals surface area contributed by atoms with Crippen LogP contribution in [0, 0.1) is 11.8 Å². The second-order valence-electron chi connectivity index (χ2n) is 14.7. The zero-order chi connectivity index (χ0) is 44.4. The number of benzene rings is 2. The van der Waals surface area contributed by atoms with Gasteiger partial charge in [-0.15, -0.1) is 0 Å². The molecule has 0 heterocycles. The van der Waals surface area contributed by atoms with E-state index < -0.39 is 120 Å². The number of carbonyl (C=O) groups excluding carboxylic acids is 7. The molecule has 0 spiro atoms. The van der Waals surface area contributed by atoms with Gasteiger partial charge in [-0.05, 0) is 36.8 Å². The van der Waals surface area contributed by atoms with Crippen LogP contribution in [0.3, 0.4) is 0 Å². The lowest BCUT2D eigenvalue weighted by molar-refractivity contribution is -0.142. The monoisotopic (exact) mass is 825 g/mol. The first-order chi connectivity index (χ1) is 27.7. The fourth-order valence-electron chi connectivity index (χ4n) is 5.52. The molecule has 0 aliphatic heterocycles. The average molecular weight is 826 g/mol. The molecule has 322 valence electrons. The molecule has 0 saturated heterocycles. The number of carboxylic acids is 2. The van der Waals surface area contributed by atoms with Crippen molar-refractivity contribution >= 4 is 53.3 Å². The Morgan fingerprint density at radius 3 is 1.58 bits per heavy atom. The molecule has 7 amide bonds. The summed E-state index contributed by atoms with van der Waals surface area (Å²) >= 11 is 0. The van der Waals surface area contributed by atoms with Gasteiger partial charge in [0, 0.05) is 6.42 Å². The van der Waals surface area contributed by atoms with Crippen molar-refractivity contribution in [2.45, 2.75) is 103 Å². The lowest BCUT2D eigenvalue weighted by Gasteiger charge is -2.28. The Kier molecular flexibility index (Phi) is 19.6. The summed E-state index contributed by atoms with van der Waals surface area (Å²) in [4.78, 5) is 114. The first-order valence-corrected chi connectivity index (χ1v) is 19.0. The first kappa shape index (κ1) is 48.8. The number of carbonyl (C=O) groups is 9. The SMILES string of the molecule is CC(C)[C@H](NC(=O)Cc1ccccc1)C(=O)N[C@H](CC(=O)O)C(=O)N[C@@H](C)C(=O)N[C@@H](C(=O)NCC(=O)N[C@H](C)C(=O)N[C@@H](Cc1ccccc1)C(=O)O)[C@@H](O)C(C)C. The predicted octanol–water partition coefficient (Wildman–Crippen LogP) is -1.23. The number of aliphatic hydroxyl groups is 1. The van der Waals surface area contributed by atoms with E-state index in [2.05, 4.69) is 37.2 Å². The van der Waals surface area contributed by atoms with Crippen LogP contribution in [0.1, 0.15) is 59.1 Å². The highest BCUT2D eigenvalue weighted by molar-refractivity contribution is 5.97. The molecule has 0 saturated carbocycles. The summed E-state index contributed by atoms with van der Waals surface area (Å²) in [6.07, 6.45) is -2.44. The molecule has 2 rings (SSSR count). The Morgan fingerprint density at radius 1 is 0.525 bits per heavy atom. The summed E-state index contributed by atoms with van der Waals surface area (Å²) < 4.78 is 0. The second-order valence-corrected chi connectivity index (χ2v) is 14.7. The molecule has 19 nitrogen and oxygen atoms in total. The van der Waals surface area contributed by atoms with Crippen LogP contribution < -0.4 is 37.2 Å². The van der Waals surface area contributed by atoms with Gasteiger partial charge in [0.15, 0.2) is 0 Å². The van der Waals surface area contributed by atoms with Gasteiger partial charge in [0.25, 0.3) is 0 Å². The maximum Gasteiger partial charge on any atom is 0.326 e. The third kappa shape index (κ3) is 16.9. The number of amides is 7. The Labute approximate surface area is 341 Å². The number of rotatable bonds is 23. The smallest absolute Gasteiger partial charge is 0.326 e. The van der Waals surface area contributed by atoms with Crippen molar-refractivity contribution in [2.75, 3.05) is 6.54 Å². The topological polar surface area (TPSA) is 299 Å². The van der Waals surface area contributed by atoms with Crippen LogP contribution in [-0.4, -0.2) is 118 Å². The van der Waals surface area contributed by atoms with Crippen molar-refractivity contribution < 1.29 is 58.5 Å². The normalized spacial score (nSPS) is 14.5. The van der Waals surface area contributed by atoms with E-state index in [0.29, 0.717) is 11.1 Å². The number of hydrogen-bond donors (Lipinski definition) is 10. The Hall–Kier alpha value is -6.37. The number of nitrogens with one attached hydrogen (secondary N) is 7. The third-order valence-electron chi connectivity index (χ3n) is 8.93. The van der Waals surface area contributed by atoms with Gasteiger partial charge in [0.05, 0.1) is 25.5 Å². The van der Waals surface area contributed by atoms with Crippen LogP contribution in [0.4, 0.5) is 0 Å². The van der Waals surface area contributed by atoms with Crippen LogP contribution in [0.2, 0.25) is 0 Å². The van der Waals surface area contributed by atoms with Gasteiger partial charge in [-0.25, -0.2) is 4.79 Å². The molecule has 0 aliphatic carbocycles. The minimum atomic E-state index is -1.69. The van der Waals surface area contributed by atoms with Crippen LogP contribution in [0.15, 0.2) is 60.7 Å². The molecular weight excluding hydrogens is 770 g/mol. The molecule has 2 aromatic carbocycles. The molecule has 2 aromatic rings. The quantitative estimate of drug-likeness (QED) is 0.0630. The number of aliphatic carboxylic acids is 2. The lowest BCUT2D eigenvalue weighted by Crippen LogP contribution is -2.61. The first-order valence-electron chi connectivity index (χ1n) is 19.0. The molecule has 0 aliphatic rings. The Morgan fingerprint density at radius 2 is 1.05 bits per heavy atom. The highest BCUT2D eigenvalue weighted by Crippen LogP contribution is 2.09. The van der Waals surface area contributed by atoms with E-state index in [1.165, 1.54) is 13.8 Å². The van der Waals surface area contributed by atoms with Crippen molar-refractivity contribution in [1.29, 1.82) is 0 Å². The summed E-state index contributed by atoms with van der Waals surface area (Å²) in [5, 5.41) is 46.4. The fraction of sp³-hybridized carbons (Fsp3) is 0.475. The highest BCUT2D eigenvalue weighted by atomic mass is 16.4. The predicted molar refractivity (Wildman–Crippen MR) is 212 cm³/mol. The summed E-state index contributed by atoms with van der Waals surface area (Å²) in [6.45, 7) is 8.17. The Bertz CT molecular complexity index is 1790. The fourth-order valence-corrected chi connectivity index (χ4v) is 5.52. The van der Waals surface area contributed by atoms with Crippen LogP contribution in [0.25, 0.3) is 0 Å².